The third-order valence-corrected chi connectivity index (χ3v) is 5.04. The Kier molecular flexibility index (Phi) is 5.29. The van der Waals surface area contributed by atoms with Crippen molar-refractivity contribution in [3.63, 3.8) is 0 Å². The molecule has 0 fully saturated rings. The van der Waals surface area contributed by atoms with Gasteiger partial charge in [0.15, 0.2) is 0 Å². The number of pyridine rings is 1. The molecule has 6 heteroatoms. The molecule has 0 N–H and O–H groups in total. The molecule has 132 valence electrons. The van der Waals surface area contributed by atoms with Gasteiger partial charge in [-0.15, -0.1) is 11.8 Å². The monoisotopic (exact) mass is 364 g/mol. The number of benzene rings is 1. The Morgan fingerprint density at radius 3 is 2.88 bits per heavy atom. The maximum atomic E-state index is 9.52. The summed E-state index contributed by atoms with van der Waals surface area (Å²) < 4.78 is 5.28. The van der Waals surface area contributed by atoms with Crippen molar-refractivity contribution in [1.29, 1.82) is 5.26 Å². The summed E-state index contributed by atoms with van der Waals surface area (Å²) in [6.07, 6.45) is 4.50. The van der Waals surface area contributed by atoms with Crippen molar-refractivity contribution in [2.75, 3.05) is 19.9 Å². The van der Waals surface area contributed by atoms with E-state index in [-0.39, 0.29) is 0 Å². The van der Waals surface area contributed by atoms with E-state index in [4.69, 9.17) is 4.74 Å². The molecule has 2 heterocycles. The van der Waals surface area contributed by atoms with Crippen molar-refractivity contribution in [3.8, 4) is 11.8 Å². The van der Waals surface area contributed by atoms with Crippen LogP contribution in [0.2, 0.25) is 0 Å². The summed E-state index contributed by atoms with van der Waals surface area (Å²) in [4.78, 5) is 11.1. The van der Waals surface area contributed by atoms with Crippen molar-refractivity contribution in [2.24, 2.45) is 4.99 Å². The van der Waals surface area contributed by atoms with E-state index in [9.17, 15) is 5.26 Å². The zero-order valence-corrected chi connectivity index (χ0v) is 15.9. The molecule has 0 atom stereocenters. The van der Waals surface area contributed by atoms with Gasteiger partial charge in [0, 0.05) is 17.8 Å². The maximum absolute atomic E-state index is 9.52. The van der Waals surface area contributed by atoms with Gasteiger partial charge in [-0.2, -0.15) is 5.26 Å². The molecule has 0 aliphatic carbocycles. The number of hydrogen-bond donors (Lipinski definition) is 0. The van der Waals surface area contributed by atoms with Gasteiger partial charge in [0.25, 0.3) is 0 Å². The smallest absolute Gasteiger partial charge is 0.119 e. The number of hydrogen-bond acceptors (Lipinski definition) is 6. The number of thioether (sulfide) groups is 1. The van der Waals surface area contributed by atoms with Gasteiger partial charge in [-0.25, -0.2) is 9.98 Å². The van der Waals surface area contributed by atoms with Gasteiger partial charge in [0.05, 0.1) is 24.8 Å². The predicted molar refractivity (Wildman–Crippen MR) is 106 cm³/mol. The van der Waals surface area contributed by atoms with Crippen LogP contribution < -0.4 is 4.74 Å². The highest BCUT2D eigenvalue weighted by molar-refractivity contribution is 7.98. The number of rotatable bonds is 5. The molecule has 0 saturated carbocycles. The lowest BCUT2D eigenvalue weighted by molar-refractivity contribution is 0.414. The molecule has 3 rings (SSSR count). The van der Waals surface area contributed by atoms with Gasteiger partial charge in [0.2, 0.25) is 0 Å². The molecule has 1 aliphatic heterocycles. The van der Waals surface area contributed by atoms with E-state index in [0.29, 0.717) is 16.3 Å². The number of fused-ring (bicyclic) bond motifs is 1. The van der Waals surface area contributed by atoms with Crippen LogP contribution in [0.4, 0.5) is 5.69 Å². The fourth-order valence-electron chi connectivity index (χ4n) is 3.00. The largest absolute Gasteiger partial charge is 0.497 e. The highest BCUT2D eigenvalue weighted by Crippen LogP contribution is 2.39. The lowest BCUT2D eigenvalue weighted by Crippen LogP contribution is -2.26. The SMILES string of the molecule is C=C1c2c(C)nc(SC)c(C#N)c2N=CN1CCc1cccc(OC)c1. The van der Waals surface area contributed by atoms with Crippen LogP contribution in [0, 0.1) is 18.3 Å². The minimum atomic E-state index is 0.517. The molecule has 1 aliphatic rings. The third-order valence-electron chi connectivity index (χ3n) is 4.36. The van der Waals surface area contributed by atoms with Gasteiger partial charge < -0.3 is 9.64 Å². The Morgan fingerprint density at radius 2 is 2.19 bits per heavy atom. The number of aromatic nitrogens is 1. The second kappa shape index (κ2) is 7.63. The number of methoxy groups -OCH3 is 1. The van der Waals surface area contributed by atoms with E-state index in [1.165, 1.54) is 17.3 Å². The molecule has 0 bridgehead atoms. The molecule has 0 radical (unpaired) electrons. The number of aliphatic imine (C=N–C) groups is 1. The minimum absolute atomic E-state index is 0.517. The zero-order chi connectivity index (χ0) is 18.7. The van der Waals surface area contributed by atoms with Crippen molar-refractivity contribution < 1.29 is 4.74 Å². The first kappa shape index (κ1) is 18.0. The standard InChI is InChI=1S/C20H20N4OS/c1-13-18-14(2)24(9-8-15-6-5-7-16(10-15)25-3)12-22-19(18)17(11-21)20(23-13)26-4/h5-7,10,12H,2,8-9H2,1,3-4H3. The van der Waals surface area contributed by atoms with Crippen molar-refractivity contribution in [2.45, 2.75) is 18.4 Å². The van der Waals surface area contributed by atoms with Crippen LogP contribution in [-0.4, -0.2) is 36.1 Å². The highest BCUT2D eigenvalue weighted by Gasteiger charge is 2.24. The molecule has 0 unspecified atom stereocenters. The average Bonchev–Trinajstić information content (AvgIpc) is 2.67. The molecule has 0 spiro atoms. The first-order valence-corrected chi connectivity index (χ1v) is 9.43. The van der Waals surface area contributed by atoms with Crippen LogP contribution in [0.15, 0.2) is 40.9 Å². The van der Waals surface area contributed by atoms with Crippen LogP contribution in [0.3, 0.4) is 0 Å². The summed E-state index contributed by atoms with van der Waals surface area (Å²) in [5.41, 5.74) is 4.90. The van der Waals surface area contributed by atoms with Crippen LogP contribution in [-0.2, 0) is 6.42 Å². The van der Waals surface area contributed by atoms with E-state index in [1.54, 1.807) is 13.4 Å². The number of aryl methyl sites for hydroxylation is 1. The van der Waals surface area contributed by atoms with Crippen LogP contribution >= 0.6 is 11.8 Å². The molecule has 0 saturated heterocycles. The summed E-state index contributed by atoms with van der Waals surface area (Å²) in [7, 11) is 1.67. The van der Waals surface area contributed by atoms with Crippen molar-refractivity contribution >= 4 is 29.5 Å². The topological polar surface area (TPSA) is 61.5 Å². The van der Waals surface area contributed by atoms with Gasteiger partial charge in [0.1, 0.15) is 22.4 Å². The van der Waals surface area contributed by atoms with E-state index < -0.39 is 0 Å². The fourth-order valence-corrected chi connectivity index (χ4v) is 3.57. The van der Waals surface area contributed by atoms with E-state index in [0.717, 1.165) is 35.7 Å². The molecule has 2 aromatic rings. The van der Waals surface area contributed by atoms with Crippen LogP contribution in [0.1, 0.15) is 22.4 Å². The second-order valence-electron chi connectivity index (χ2n) is 5.90. The van der Waals surface area contributed by atoms with Crippen LogP contribution in [0.5, 0.6) is 5.75 Å². The highest BCUT2D eigenvalue weighted by atomic mass is 32.2. The van der Waals surface area contributed by atoms with E-state index >= 15 is 0 Å². The Morgan fingerprint density at radius 1 is 1.38 bits per heavy atom. The van der Waals surface area contributed by atoms with Gasteiger partial charge in [-0.3, -0.25) is 0 Å². The number of nitrogens with zero attached hydrogens (tertiary/aromatic N) is 4. The average molecular weight is 364 g/mol. The summed E-state index contributed by atoms with van der Waals surface area (Å²) in [6, 6.07) is 10.3. The van der Waals surface area contributed by atoms with Crippen molar-refractivity contribution in [3.05, 3.63) is 53.2 Å². The Bertz CT molecular complexity index is 930. The molecular weight excluding hydrogens is 344 g/mol. The van der Waals surface area contributed by atoms with Crippen LogP contribution in [0.25, 0.3) is 5.70 Å². The summed E-state index contributed by atoms with van der Waals surface area (Å²) in [5.74, 6) is 0.849. The molecular formula is C20H20N4OS. The molecule has 5 nitrogen and oxygen atoms in total. The Labute approximate surface area is 158 Å². The minimum Gasteiger partial charge on any atom is -0.497 e. The fraction of sp³-hybridized carbons (Fsp3) is 0.250. The summed E-state index contributed by atoms with van der Waals surface area (Å²) in [6.45, 7) is 6.90. The maximum Gasteiger partial charge on any atom is 0.119 e. The molecule has 26 heavy (non-hydrogen) atoms. The predicted octanol–water partition coefficient (Wildman–Crippen LogP) is 4.18. The Hall–Kier alpha value is -2.78. The number of ether oxygens (including phenoxy) is 1. The second-order valence-corrected chi connectivity index (χ2v) is 6.70. The lowest BCUT2D eigenvalue weighted by atomic mass is 10.0. The van der Waals surface area contributed by atoms with Gasteiger partial charge in [-0.1, -0.05) is 18.7 Å². The summed E-state index contributed by atoms with van der Waals surface area (Å²) >= 11 is 1.46. The van der Waals surface area contributed by atoms with Crippen molar-refractivity contribution in [1.82, 2.24) is 9.88 Å². The Balaban J connectivity index is 1.86. The van der Waals surface area contributed by atoms with Gasteiger partial charge in [-0.05, 0) is 37.3 Å². The first-order chi connectivity index (χ1) is 12.6. The first-order valence-electron chi connectivity index (χ1n) is 8.20. The molecule has 1 aromatic heterocycles. The number of nitriles is 1. The van der Waals surface area contributed by atoms with E-state index in [2.05, 4.69) is 28.7 Å². The zero-order valence-electron chi connectivity index (χ0n) is 15.1. The quantitative estimate of drug-likeness (QED) is 0.745. The normalized spacial score (nSPS) is 12.7. The molecule has 0 amide bonds. The molecule has 1 aromatic carbocycles. The third kappa shape index (κ3) is 3.31. The summed E-state index contributed by atoms with van der Waals surface area (Å²) in [5, 5.41) is 10.2. The van der Waals surface area contributed by atoms with Gasteiger partial charge >= 0.3 is 0 Å². The lowest BCUT2D eigenvalue weighted by Gasteiger charge is -2.28. The van der Waals surface area contributed by atoms with E-state index in [1.807, 2.05) is 36.3 Å².